The van der Waals surface area contributed by atoms with E-state index in [2.05, 4.69) is 62.7 Å². The summed E-state index contributed by atoms with van der Waals surface area (Å²) in [5.74, 6) is 0.929. The molecule has 2 unspecified atom stereocenters. The fourth-order valence-electron chi connectivity index (χ4n) is 3.76. The number of hydrazine groups is 1. The molecular formula is C22H20BrN5O2. The Morgan fingerprint density at radius 2 is 1.90 bits per heavy atom. The molecule has 2 aliphatic heterocycles. The van der Waals surface area contributed by atoms with Gasteiger partial charge in [-0.15, -0.1) is 0 Å². The molecule has 8 heteroatoms. The van der Waals surface area contributed by atoms with E-state index in [0.717, 1.165) is 10.0 Å². The lowest BCUT2D eigenvalue weighted by Crippen LogP contribution is -2.47. The quantitative estimate of drug-likeness (QED) is 0.628. The molecule has 152 valence electrons. The van der Waals surface area contributed by atoms with Crippen LogP contribution in [0.5, 0.6) is 0 Å². The van der Waals surface area contributed by atoms with Gasteiger partial charge in [0.1, 0.15) is 12.6 Å². The van der Waals surface area contributed by atoms with Crippen LogP contribution < -0.4 is 5.43 Å². The number of halogens is 1. The summed E-state index contributed by atoms with van der Waals surface area (Å²) in [6, 6.07) is 15.9. The van der Waals surface area contributed by atoms with Crippen LogP contribution in [0, 0.1) is 6.92 Å². The second-order valence-corrected chi connectivity index (χ2v) is 8.45. The third-order valence-electron chi connectivity index (χ3n) is 5.43. The van der Waals surface area contributed by atoms with Crippen molar-refractivity contribution in [2.24, 2.45) is 0 Å². The fraction of sp³-hybridized carbons (Fsp3) is 0.227. The van der Waals surface area contributed by atoms with Gasteiger partial charge in [-0.05, 0) is 43.2 Å². The van der Waals surface area contributed by atoms with Crippen molar-refractivity contribution in [3.63, 3.8) is 0 Å². The summed E-state index contributed by atoms with van der Waals surface area (Å²) in [6.07, 6.45) is 4.36. The minimum absolute atomic E-state index is 0.0167. The van der Waals surface area contributed by atoms with E-state index in [4.69, 9.17) is 4.52 Å². The fourth-order valence-corrected chi connectivity index (χ4v) is 4.03. The van der Waals surface area contributed by atoms with E-state index < -0.39 is 0 Å². The SMILES string of the molecule is Cc1ccc(C2CC3C(=O)N(Cc4nc(-c5ccc(Br)cc5)no4)C=CN3N2)cc1. The number of amides is 1. The van der Waals surface area contributed by atoms with Crippen molar-refractivity contribution in [3.05, 3.63) is 82.4 Å². The van der Waals surface area contributed by atoms with Crippen LogP contribution in [0.25, 0.3) is 11.4 Å². The summed E-state index contributed by atoms with van der Waals surface area (Å²) in [5.41, 5.74) is 6.68. The number of benzene rings is 2. The summed E-state index contributed by atoms with van der Waals surface area (Å²) in [5, 5.41) is 5.94. The highest BCUT2D eigenvalue weighted by molar-refractivity contribution is 9.10. The van der Waals surface area contributed by atoms with E-state index in [1.807, 2.05) is 35.5 Å². The molecule has 3 heterocycles. The molecule has 0 bridgehead atoms. The molecule has 30 heavy (non-hydrogen) atoms. The largest absolute Gasteiger partial charge is 0.337 e. The van der Waals surface area contributed by atoms with E-state index in [1.54, 1.807) is 11.1 Å². The molecule has 0 saturated carbocycles. The van der Waals surface area contributed by atoms with Crippen molar-refractivity contribution in [3.8, 4) is 11.4 Å². The van der Waals surface area contributed by atoms with E-state index in [9.17, 15) is 4.79 Å². The Kier molecular flexibility index (Phi) is 4.88. The number of nitrogens with one attached hydrogen (secondary N) is 1. The van der Waals surface area contributed by atoms with Crippen molar-refractivity contribution in [1.29, 1.82) is 0 Å². The Hall–Kier alpha value is -2.97. The van der Waals surface area contributed by atoms with E-state index in [0.29, 0.717) is 18.1 Å². The molecule has 1 fully saturated rings. The minimum Gasteiger partial charge on any atom is -0.337 e. The van der Waals surface area contributed by atoms with Crippen LogP contribution in [0.2, 0.25) is 0 Å². The lowest BCUT2D eigenvalue weighted by atomic mass is 10.00. The lowest BCUT2D eigenvalue weighted by molar-refractivity contribution is -0.135. The van der Waals surface area contributed by atoms with Gasteiger partial charge in [-0.2, -0.15) is 4.98 Å². The third-order valence-corrected chi connectivity index (χ3v) is 5.96. The number of fused-ring (bicyclic) bond motifs is 1. The monoisotopic (exact) mass is 465 g/mol. The Morgan fingerprint density at radius 1 is 1.13 bits per heavy atom. The van der Waals surface area contributed by atoms with Crippen LogP contribution >= 0.6 is 15.9 Å². The Morgan fingerprint density at radius 3 is 2.67 bits per heavy atom. The highest BCUT2D eigenvalue weighted by Crippen LogP contribution is 2.31. The first kappa shape index (κ1) is 19.0. The average molecular weight is 466 g/mol. The molecule has 0 radical (unpaired) electrons. The third kappa shape index (κ3) is 3.64. The normalized spacial score (nSPS) is 20.7. The number of carbonyl (C=O) groups excluding carboxylic acids is 1. The van der Waals surface area contributed by atoms with Crippen LogP contribution in [0.4, 0.5) is 0 Å². The number of hydrogen-bond donors (Lipinski definition) is 1. The first-order valence-corrected chi connectivity index (χ1v) is 10.5. The zero-order valence-corrected chi connectivity index (χ0v) is 17.9. The first-order chi connectivity index (χ1) is 14.6. The summed E-state index contributed by atoms with van der Waals surface area (Å²) in [7, 11) is 0. The highest BCUT2D eigenvalue weighted by atomic mass is 79.9. The van der Waals surface area contributed by atoms with Crippen LogP contribution in [0.1, 0.15) is 29.5 Å². The second-order valence-electron chi connectivity index (χ2n) is 7.53. The predicted molar refractivity (Wildman–Crippen MR) is 114 cm³/mol. The molecule has 1 N–H and O–H groups in total. The molecule has 1 aromatic heterocycles. The summed E-state index contributed by atoms with van der Waals surface area (Å²) in [6.45, 7) is 2.32. The molecule has 7 nitrogen and oxygen atoms in total. The summed E-state index contributed by atoms with van der Waals surface area (Å²) < 4.78 is 6.37. The molecular weight excluding hydrogens is 446 g/mol. The van der Waals surface area contributed by atoms with E-state index in [-0.39, 0.29) is 24.5 Å². The zero-order chi connectivity index (χ0) is 20.7. The topological polar surface area (TPSA) is 74.5 Å². The molecule has 0 spiro atoms. The second kappa shape index (κ2) is 7.70. The van der Waals surface area contributed by atoms with Gasteiger partial charge in [0.15, 0.2) is 0 Å². The number of aryl methyl sites for hydroxylation is 1. The Bertz CT molecular complexity index is 1090. The molecule has 2 aromatic carbocycles. The first-order valence-electron chi connectivity index (χ1n) is 9.75. The smallest absolute Gasteiger partial charge is 0.251 e. The van der Waals surface area contributed by atoms with Crippen molar-refractivity contribution in [2.45, 2.75) is 32.0 Å². The maximum Gasteiger partial charge on any atom is 0.251 e. The molecule has 5 rings (SSSR count). The van der Waals surface area contributed by atoms with E-state index >= 15 is 0 Å². The van der Waals surface area contributed by atoms with Crippen LogP contribution in [0.3, 0.4) is 0 Å². The van der Waals surface area contributed by atoms with Gasteiger partial charge in [0.25, 0.3) is 5.91 Å². The number of nitrogens with zero attached hydrogens (tertiary/aromatic N) is 4. The van der Waals surface area contributed by atoms with Gasteiger partial charge in [0.05, 0.1) is 6.04 Å². The zero-order valence-electron chi connectivity index (χ0n) is 16.3. The number of carbonyl (C=O) groups is 1. The van der Waals surface area contributed by atoms with Crippen molar-refractivity contribution < 1.29 is 9.32 Å². The van der Waals surface area contributed by atoms with E-state index in [1.165, 1.54) is 11.1 Å². The minimum atomic E-state index is -0.254. The molecule has 2 aliphatic rings. The van der Waals surface area contributed by atoms with Crippen molar-refractivity contribution in [2.75, 3.05) is 0 Å². The maximum absolute atomic E-state index is 13.1. The van der Waals surface area contributed by atoms with Gasteiger partial charge in [-0.25, -0.2) is 5.43 Å². The molecule has 0 aliphatic carbocycles. The van der Waals surface area contributed by atoms with Gasteiger partial charge in [0.2, 0.25) is 11.7 Å². The number of aromatic nitrogens is 2. The van der Waals surface area contributed by atoms with Crippen LogP contribution in [0.15, 0.2) is 69.9 Å². The summed E-state index contributed by atoms with van der Waals surface area (Å²) >= 11 is 3.41. The van der Waals surface area contributed by atoms with Crippen molar-refractivity contribution in [1.82, 2.24) is 25.5 Å². The maximum atomic E-state index is 13.1. The van der Waals surface area contributed by atoms with Gasteiger partial charge in [-0.1, -0.05) is 50.9 Å². The van der Waals surface area contributed by atoms with Gasteiger partial charge < -0.3 is 14.4 Å². The number of rotatable bonds is 4. The predicted octanol–water partition coefficient (Wildman–Crippen LogP) is 3.94. The van der Waals surface area contributed by atoms with Crippen LogP contribution in [-0.4, -0.2) is 32.0 Å². The average Bonchev–Trinajstić information content (AvgIpc) is 3.39. The number of hydrogen-bond acceptors (Lipinski definition) is 6. The molecule has 2 atom stereocenters. The Balaban J connectivity index is 1.28. The standard InChI is InChI=1S/C22H20BrN5O2/c1-14-2-4-15(5-3-14)18-12-19-22(29)27(10-11-28(19)25-18)13-20-24-21(26-30-20)16-6-8-17(23)9-7-16/h2-11,18-19,25H,12-13H2,1H3. The molecule has 1 saturated heterocycles. The Labute approximate surface area is 182 Å². The summed E-state index contributed by atoms with van der Waals surface area (Å²) in [4.78, 5) is 19.1. The van der Waals surface area contributed by atoms with Crippen molar-refractivity contribution >= 4 is 21.8 Å². The van der Waals surface area contributed by atoms with Crippen LogP contribution in [-0.2, 0) is 11.3 Å². The molecule has 1 amide bonds. The lowest BCUT2D eigenvalue weighted by Gasteiger charge is -2.30. The highest BCUT2D eigenvalue weighted by Gasteiger charge is 2.40. The molecule has 3 aromatic rings. The van der Waals surface area contributed by atoms with Gasteiger partial charge in [-0.3, -0.25) is 4.79 Å². The van der Waals surface area contributed by atoms with Gasteiger partial charge in [0, 0.05) is 22.4 Å². The van der Waals surface area contributed by atoms with Gasteiger partial charge >= 0.3 is 0 Å².